The van der Waals surface area contributed by atoms with Crippen molar-refractivity contribution in [3.05, 3.63) is 59.7 Å². The Kier molecular flexibility index (Phi) is 4.25. The standard InChI is InChI=1S/C14H14N2OSi/c1-11-6-5-7-12(14(11)17)10-15-16-18-13-8-3-2-4-9-13/h2-9,17H,10H2,1H3. The van der Waals surface area contributed by atoms with Crippen LogP contribution in [0.3, 0.4) is 0 Å². The van der Waals surface area contributed by atoms with Gasteiger partial charge in [-0.15, -0.1) is 0 Å². The summed E-state index contributed by atoms with van der Waals surface area (Å²) >= 11 is 0. The SMILES string of the molecule is Cc1cccc(CN=N[Si]c2ccccc2)c1O. The van der Waals surface area contributed by atoms with E-state index in [1.165, 1.54) is 0 Å². The minimum atomic E-state index is 0.319. The Balaban J connectivity index is 1.94. The van der Waals surface area contributed by atoms with Gasteiger partial charge < -0.3 is 5.11 Å². The number of rotatable bonds is 4. The third-order valence-electron chi connectivity index (χ3n) is 2.59. The second kappa shape index (κ2) is 6.12. The number of aryl methyl sites for hydroxylation is 1. The zero-order chi connectivity index (χ0) is 12.8. The third-order valence-corrected chi connectivity index (χ3v) is 3.42. The van der Waals surface area contributed by atoms with E-state index >= 15 is 0 Å². The molecule has 18 heavy (non-hydrogen) atoms. The number of benzene rings is 2. The van der Waals surface area contributed by atoms with E-state index in [4.69, 9.17) is 0 Å². The van der Waals surface area contributed by atoms with Crippen molar-refractivity contribution in [3.63, 3.8) is 0 Å². The summed E-state index contributed by atoms with van der Waals surface area (Å²) in [7, 11) is 0.327. The number of para-hydroxylation sites is 1. The fraction of sp³-hybridized carbons (Fsp3) is 0.143. The molecule has 0 amide bonds. The summed E-state index contributed by atoms with van der Waals surface area (Å²) in [5, 5.41) is 15.1. The van der Waals surface area contributed by atoms with E-state index in [1.807, 2.05) is 55.5 Å². The van der Waals surface area contributed by atoms with Gasteiger partial charge in [0.05, 0.1) is 6.54 Å². The molecular formula is C14H14N2OSi. The van der Waals surface area contributed by atoms with Crippen LogP contribution in [-0.4, -0.2) is 14.8 Å². The molecule has 0 aliphatic carbocycles. The third kappa shape index (κ3) is 3.27. The molecule has 2 radical (unpaired) electrons. The molecule has 0 aliphatic heterocycles. The molecule has 0 fully saturated rings. The molecular weight excluding hydrogens is 240 g/mol. The number of hydrogen-bond donors (Lipinski definition) is 1. The largest absolute Gasteiger partial charge is 0.507 e. The highest BCUT2D eigenvalue weighted by molar-refractivity contribution is 6.51. The fourth-order valence-electron chi connectivity index (χ4n) is 1.56. The second-order valence-electron chi connectivity index (χ2n) is 3.96. The van der Waals surface area contributed by atoms with Gasteiger partial charge >= 0.3 is 0 Å². The molecule has 4 heteroatoms. The minimum absolute atomic E-state index is 0.319. The zero-order valence-corrected chi connectivity index (χ0v) is 11.2. The Morgan fingerprint density at radius 2 is 1.83 bits per heavy atom. The molecule has 0 unspecified atom stereocenters. The Bertz CT molecular complexity index is 541. The highest BCUT2D eigenvalue weighted by atomic mass is 28.2. The van der Waals surface area contributed by atoms with Crippen LogP contribution >= 0.6 is 0 Å². The first-order chi connectivity index (χ1) is 8.77. The van der Waals surface area contributed by atoms with Crippen molar-refractivity contribution >= 4 is 14.9 Å². The molecule has 1 N–H and O–H groups in total. The molecule has 0 aliphatic rings. The highest BCUT2D eigenvalue weighted by Crippen LogP contribution is 2.21. The van der Waals surface area contributed by atoms with Gasteiger partial charge in [-0.3, -0.25) is 0 Å². The molecule has 0 aromatic heterocycles. The van der Waals surface area contributed by atoms with Crippen molar-refractivity contribution in [1.82, 2.24) is 0 Å². The van der Waals surface area contributed by atoms with Gasteiger partial charge in [0.2, 0.25) is 0 Å². The maximum absolute atomic E-state index is 9.81. The van der Waals surface area contributed by atoms with Crippen LogP contribution in [0.1, 0.15) is 11.1 Å². The molecule has 0 saturated heterocycles. The van der Waals surface area contributed by atoms with Crippen LogP contribution in [0, 0.1) is 6.92 Å². The lowest BCUT2D eigenvalue weighted by Gasteiger charge is -2.03. The first kappa shape index (κ1) is 12.5. The van der Waals surface area contributed by atoms with Gasteiger partial charge in [-0.25, -0.2) is 4.78 Å². The average Bonchev–Trinajstić information content (AvgIpc) is 2.40. The Hall–Kier alpha value is -1.94. The average molecular weight is 254 g/mol. The molecule has 90 valence electrons. The summed E-state index contributed by atoms with van der Waals surface area (Å²) in [5.74, 6) is 0.319. The maximum atomic E-state index is 9.81. The first-order valence-corrected chi connectivity index (χ1v) is 6.67. The smallest absolute Gasteiger partial charge is 0.280 e. The van der Waals surface area contributed by atoms with Gasteiger partial charge in [0.1, 0.15) is 5.75 Å². The topological polar surface area (TPSA) is 45.0 Å². The molecule has 2 rings (SSSR count). The van der Waals surface area contributed by atoms with Crippen molar-refractivity contribution in [2.75, 3.05) is 0 Å². The molecule has 0 bridgehead atoms. The Morgan fingerprint density at radius 1 is 1.06 bits per heavy atom. The maximum Gasteiger partial charge on any atom is 0.280 e. The number of phenols is 1. The van der Waals surface area contributed by atoms with Crippen molar-refractivity contribution in [1.29, 1.82) is 0 Å². The molecule has 0 saturated carbocycles. The minimum Gasteiger partial charge on any atom is -0.507 e. The van der Waals surface area contributed by atoms with Gasteiger partial charge in [0.25, 0.3) is 9.68 Å². The predicted octanol–water partition coefficient (Wildman–Crippen LogP) is 2.60. The van der Waals surface area contributed by atoms with E-state index in [0.717, 1.165) is 16.3 Å². The van der Waals surface area contributed by atoms with Crippen LogP contribution in [0.25, 0.3) is 0 Å². The molecule has 2 aromatic carbocycles. The van der Waals surface area contributed by atoms with Crippen molar-refractivity contribution < 1.29 is 5.11 Å². The van der Waals surface area contributed by atoms with Crippen molar-refractivity contribution in [2.24, 2.45) is 9.89 Å². The highest BCUT2D eigenvalue weighted by Gasteiger charge is 2.02. The number of nitrogens with zero attached hydrogens (tertiary/aromatic N) is 2. The molecule has 3 nitrogen and oxygen atoms in total. The van der Waals surface area contributed by atoms with Crippen LogP contribution < -0.4 is 5.19 Å². The Labute approximate surface area is 109 Å². The normalized spacial score (nSPS) is 10.9. The van der Waals surface area contributed by atoms with Crippen molar-refractivity contribution in [3.8, 4) is 5.75 Å². The lowest BCUT2D eigenvalue weighted by Crippen LogP contribution is -2.09. The lowest BCUT2D eigenvalue weighted by atomic mass is 10.1. The van der Waals surface area contributed by atoms with Crippen LogP contribution in [-0.2, 0) is 6.54 Å². The van der Waals surface area contributed by atoms with Crippen LogP contribution in [0.5, 0.6) is 5.75 Å². The van der Waals surface area contributed by atoms with Crippen molar-refractivity contribution in [2.45, 2.75) is 13.5 Å². The van der Waals surface area contributed by atoms with E-state index < -0.39 is 0 Å². The molecule has 2 aromatic rings. The van der Waals surface area contributed by atoms with E-state index in [9.17, 15) is 5.11 Å². The first-order valence-electron chi connectivity index (χ1n) is 5.72. The van der Waals surface area contributed by atoms with E-state index in [0.29, 0.717) is 22.0 Å². The molecule has 0 atom stereocenters. The summed E-state index contributed by atoms with van der Waals surface area (Å²) < 4.78 is 4.15. The van der Waals surface area contributed by atoms with E-state index in [-0.39, 0.29) is 0 Å². The summed E-state index contributed by atoms with van der Waals surface area (Å²) in [5.41, 5.74) is 1.69. The monoisotopic (exact) mass is 254 g/mol. The Morgan fingerprint density at radius 3 is 2.61 bits per heavy atom. The zero-order valence-electron chi connectivity index (χ0n) is 10.2. The van der Waals surface area contributed by atoms with Crippen LogP contribution in [0.4, 0.5) is 0 Å². The number of aromatic hydroxyl groups is 1. The molecule has 0 heterocycles. The van der Waals surface area contributed by atoms with Crippen LogP contribution in [0.15, 0.2) is 58.4 Å². The quantitative estimate of drug-likeness (QED) is 0.661. The molecule has 0 spiro atoms. The van der Waals surface area contributed by atoms with Gasteiger partial charge in [-0.05, 0) is 17.7 Å². The summed E-state index contributed by atoms with van der Waals surface area (Å²) in [6.45, 7) is 2.30. The van der Waals surface area contributed by atoms with Crippen LogP contribution in [0.2, 0.25) is 0 Å². The van der Waals surface area contributed by atoms with Gasteiger partial charge in [0, 0.05) is 5.56 Å². The van der Waals surface area contributed by atoms with E-state index in [2.05, 4.69) is 9.89 Å². The summed E-state index contributed by atoms with van der Waals surface area (Å²) in [4.78, 5) is 0. The van der Waals surface area contributed by atoms with Gasteiger partial charge in [-0.2, -0.15) is 5.11 Å². The fourth-order valence-corrected chi connectivity index (χ4v) is 2.16. The predicted molar refractivity (Wildman–Crippen MR) is 73.2 cm³/mol. The second-order valence-corrected chi connectivity index (χ2v) is 4.96. The summed E-state index contributed by atoms with van der Waals surface area (Å²) in [6.07, 6.45) is 0. The lowest BCUT2D eigenvalue weighted by molar-refractivity contribution is 0.464. The number of hydrogen-bond acceptors (Lipinski definition) is 3. The van der Waals surface area contributed by atoms with Gasteiger partial charge in [-0.1, -0.05) is 48.5 Å². The summed E-state index contributed by atoms with van der Waals surface area (Å²) in [6, 6.07) is 15.7. The van der Waals surface area contributed by atoms with Gasteiger partial charge in [0.15, 0.2) is 0 Å². The number of phenolic OH excluding ortho intramolecular Hbond substituents is 1. The van der Waals surface area contributed by atoms with E-state index in [1.54, 1.807) is 0 Å².